The molecule has 2 rings (SSSR count). The van der Waals surface area contributed by atoms with Crippen molar-refractivity contribution in [2.75, 3.05) is 13.1 Å². The van der Waals surface area contributed by atoms with Gasteiger partial charge in [-0.1, -0.05) is 6.92 Å². The van der Waals surface area contributed by atoms with Crippen molar-refractivity contribution >= 4 is 0 Å². The molecule has 78 valence electrons. The molecule has 2 N–H and O–H groups in total. The van der Waals surface area contributed by atoms with E-state index in [9.17, 15) is 4.79 Å². The van der Waals surface area contributed by atoms with Gasteiger partial charge in [0.05, 0.1) is 0 Å². The second kappa shape index (κ2) is 3.61. The molecule has 0 aliphatic carbocycles. The standard InChI is InChI=1S/C10H17N3O/c1-10(3-2-4-11-7-10)8-13-6-5-12-9(13)14/h5-6,11H,2-4,7-8H2,1H3,(H,12,14). The molecule has 1 atom stereocenters. The Bertz CT molecular complexity index is 346. The van der Waals surface area contributed by atoms with E-state index in [0.717, 1.165) is 19.6 Å². The summed E-state index contributed by atoms with van der Waals surface area (Å²) in [5.74, 6) is 0. The molecule has 4 nitrogen and oxygen atoms in total. The Morgan fingerprint density at radius 1 is 1.64 bits per heavy atom. The van der Waals surface area contributed by atoms with E-state index in [2.05, 4.69) is 17.2 Å². The van der Waals surface area contributed by atoms with Crippen LogP contribution >= 0.6 is 0 Å². The van der Waals surface area contributed by atoms with Crippen LogP contribution in [0, 0.1) is 5.41 Å². The summed E-state index contributed by atoms with van der Waals surface area (Å²) >= 11 is 0. The number of nitrogens with one attached hydrogen (secondary N) is 2. The number of hydrogen-bond acceptors (Lipinski definition) is 2. The largest absolute Gasteiger partial charge is 0.325 e. The molecule has 14 heavy (non-hydrogen) atoms. The van der Waals surface area contributed by atoms with Crippen LogP contribution in [0.4, 0.5) is 0 Å². The summed E-state index contributed by atoms with van der Waals surface area (Å²) < 4.78 is 1.76. The number of H-pyrrole nitrogens is 1. The van der Waals surface area contributed by atoms with Crippen LogP contribution in [0.1, 0.15) is 19.8 Å². The van der Waals surface area contributed by atoms with Gasteiger partial charge < -0.3 is 10.3 Å². The minimum atomic E-state index is -0.00296. The Morgan fingerprint density at radius 2 is 2.50 bits per heavy atom. The van der Waals surface area contributed by atoms with Crippen molar-refractivity contribution in [2.24, 2.45) is 5.41 Å². The fourth-order valence-corrected chi connectivity index (χ4v) is 2.14. The molecule has 1 fully saturated rings. The number of nitrogens with zero attached hydrogens (tertiary/aromatic N) is 1. The normalized spacial score (nSPS) is 27.8. The van der Waals surface area contributed by atoms with E-state index in [-0.39, 0.29) is 11.1 Å². The van der Waals surface area contributed by atoms with Crippen molar-refractivity contribution in [3.05, 3.63) is 22.9 Å². The van der Waals surface area contributed by atoms with Crippen molar-refractivity contribution in [2.45, 2.75) is 26.3 Å². The van der Waals surface area contributed by atoms with E-state index >= 15 is 0 Å². The highest BCUT2D eigenvalue weighted by molar-refractivity contribution is 4.85. The zero-order valence-corrected chi connectivity index (χ0v) is 8.55. The highest BCUT2D eigenvalue weighted by Gasteiger charge is 2.27. The van der Waals surface area contributed by atoms with E-state index < -0.39 is 0 Å². The second-order valence-corrected chi connectivity index (χ2v) is 4.48. The number of aromatic nitrogens is 2. The van der Waals surface area contributed by atoms with Gasteiger partial charge in [-0.05, 0) is 24.8 Å². The lowest BCUT2D eigenvalue weighted by Gasteiger charge is -2.34. The average Bonchev–Trinajstić information content (AvgIpc) is 2.52. The lowest BCUT2D eigenvalue weighted by molar-refractivity contribution is 0.199. The van der Waals surface area contributed by atoms with Crippen molar-refractivity contribution in [1.82, 2.24) is 14.9 Å². The molecule has 0 aromatic carbocycles. The monoisotopic (exact) mass is 195 g/mol. The van der Waals surface area contributed by atoms with Crippen LogP contribution in [0.3, 0.4) is 0 Å². The van der Waals surface area contributed by atoms with Crippen molar-refractivity contribution < 1.29 is 0 Å². The third-order valence-corrected chi connectivity index (χ3v) is 2.96. The predicted octanol–water partition coefficient (Wildman–Crippen LogP) is 0.566. The minimum absolute atomic E-state index is 0.00296. The molecule has 0 spiro atoms. The smallest absolute Gasteiger partial charge is 0.316 e. The van der Waals surface area contributed by atoms with Gasteiger partial charge in [0.15, 0.2) is 0 Å². The second-order valence-electron chi connectivity index (χ2n) is 4.48. The zero-order chi connectivity index (χ0) is 10.0. The Morgan fingerprint density at radius 3 is 3.07 bits per heavy atom. The Hall–Kier alpha value is -1.03. The zero-order valence-electron chi connectivity index (χ0n) is 8.55. The number of rotatable bonds is 2. The molecule has 0 bridgehead atoms. The third kappa shape index (κ3) is 1.90. The van der Waals surface area contributed by atoms with E-state index in [1.807, 2.05) is 6.20 Å². The maximum absolute atomic E-state index is 11.3. The molecule has 1 aliphatic heterocycles. The van der Waals surface area contributed by atoms with Crippen molar-refractivity contribution in [1.29, 1.82) is 0 Å². The number of aromatic amines is 1. The summed E-state index contributed by atoms with van der Waals surface area (Å²) in [6.45, 7) is 5.16. The summed E-state index contributed by atoms with van der Waals surface area (Å²) in [7, 11) is 0. The lowest BCUT2D eigenvalue weighted by Crippen LogP contribution is -2.42. The number of hydrogen-bond donors (Lipinski definition) is 2. The maximum atomic E-state index is 11.3. The molecule has 0 saturated carbocycles. The molecule has 1 aromatic heterocycles. The predicted molar refractivity (Wildman–Crippen MR) is 55.3 cm³/mol. The summed E-state index contributed by atoms with van der Waals surface area (Å²) in [5.41, 5.74) is 0.223. The summed E-state index contributed by atoms with van der Waals surface area (Å²) in [5, 5.41) is 3.38. The van der Waals surface area contributed by atoms with Crippen molar-refractivity contribution in [3.8, 4) is 0 Å². The topological polar surface area (TPSA) is 49.8 Å². The first-order valence-electron chi connectivity index (χ1n) is 5.14. The maximum Gasteiger partial charge on any atom is 0.325 e. The van der Waals surface area contributed by atoms with Gasteiger partial charge in [-0.25, -0.2) is 4.79 Å². The third-order valence-electron chi connectivity index (χ3n) is 2.96. The van der Waals surface area contributed by atoms with E-state index in [0.29, 0.717) is 0 Å². The SMILES string of the molecule is CC1(Cn2cc[nH]c2=O)CCCNC1. The van der Waals surface area contributed by atoms with Crippen LogP contribution in [0.25, 0.3) is 0 Å². The van der Waals surface area contributed by atoms with Gasteiger partial charge in [0, 0.05) is 25.5 Å². The Kier molecular flexibility index (Phi) is 2.46. The van der Waals surface area contributed by atoms with Gasteiger partial charge >= 0.3 is 5.69 Å². The van der Waals surface area contributed by atoms with Gasteiger partial charge in [-0.2, -0.15) is 0 Å². The highest BCUT2D eigenvalue weighted by Crippen LogP contribution is 2.26. The van der Waals surface area contributed by atoms with E-state index in [1.54, 1.807) is 10.8 Å². The van der Waals surface area contributed by atoms with E-state index in [4.69, 9.17) is 0 Å². The van der Waals surface area contributed by atoms with Gasteiger partial charge in [-0.3, -0.25) is 4.57 Å². The fourth-order valence-electron chi connectivity index (χ4n) is 2.14. The molecule has 1 saturated heterocycles. The Balaban J connectivity index is 2.09. The van der Waals surface area contributed by atoms with Crippen LogP contribution in [0.5, 0.6) is 0 Å². The van der Waals surface area contributed by atoms with Gasteiger partial charge in [-0.15, -0.1) is 0 Å². The lowest BCUT2D eigenvalue weighted by atomic mass is 9.83. The first-order chi connectivity index (χ1) is 6.70. The van der Waals surface area contributed by atoms with Gasteiger partial charge in [0.1, 0.15) is 0 Å². The molecule has 2 heterocycles. The molecule has 1 aromatic rings. The summed E-state index contributed by atoms with van der Waals surface area (Å²) in [6, 6.07) is 0. The number of imidazole rings is 1. The van der Waals surface area contributed by atoms with Crippen LogP contribution in [-0.2, 0) is 6.54 Å². The minimum Gasteiger partial charge on any atom is -0.316 e. The van der Waals surface area contributed by atoms with E-state index in [1.165, 1.54) is 12.8 Å². The summed E-state index contributed by atoms with van der Waals surface area (Å²) in [4.78, 5) is 14.0. The molecular formula is C10H17N3O. The molecule has 0 radical (unpaired) electrons. The fraction of sp³-hybridized carbons (Fsp3) is 0.700. The van der Waals surface area contributed by atoms with Crippen LogP contribution in [-0.4, -0.2) is 22.6 Å². The van der Waals surface area contributed by atoms with Gasteiger partial charge in [0.25, 0.3) is 0 Å². The molecule has 1 aliphatic rings. The molecule has 0 amide bonds. The Labute approximate surface area is 83.3 Å². The molecule has 1 unspecified atom stereocenters. The first-order valence-corrected chi connectivity index (χ1v) is 5.14. The molecule has 4 heteroatoms. The van der Waals surface area contributed by atoms with Crippen LogP contribution in [0.15, 0.2) is 17.2 Å². The van der Waals surface area contributed by atoms with Crippen LogP contribution < -0.4 is 11.0 Å². The average molecular weight is 195 g/mol. The van der Waals surface area contributed by atoms with Gasteiger partial charge in [0.2, 0.25) is 0 Å². The first kappa shape index (κ1) is 9.52. The van der Waals surface area contributed by atoms with Crippen LogP contribution in [0.2, 0.25) is 0 Å². The quantitative estimate of drug-likeness (QED) is 0.724. The number of piperidine rings is 1. The molecular weight excluding hydrogens is 178 g/mol. The highest BCUT2D eigenvalue weighted by atomic mass is 16.1. The summed E-state index contributed by atoms with van der Waals surface area (Å²) in [6.07, 6.45) is 5.91. The van der Waals surface area contributed by atoms with Crippen molar-refractivity contribution in [3.63, 3.8) is 0 Å².